The molecule has 0 amide bonds. The average molecular weight is 478 g/mol. The predicted octanol–water partition coefficient (Wildman–Crippen LogP) is 4.82. The molecule has 5 rings (SSSR count). The molecule has 3 aromatic heterocycles. The number of methoxy groups -OCH3 is 1. The Bertz CT molecular complexity index is 1340. The Kier molecular flexibility index (Phi) is 6.34. The lowest BCUT2D eigenvalue weighted by atomic mass is 9.74. The first kappa shape index (κ1) is 23.5. The normalized spacial score (nSPS) is 22.6. The molecule has 1 aliphatic rings. The van der Waals surface area contributed by atoms with E-state index in [4.69, 9.17) is 10.5 Å². The van der Waals surface area contributed by atoms with E-state index in [2.05, 4.69) is 28.1 Å². The maximum atomic E-state index is 14.6. The Morgan fingerprint density at radius 3 is 2.60 bits per heavy atom. The average Bonchev–Trinajstić information content (AvgIpc) is 3.20. The third-order valence-corrected chi connectivity index (χ3v) is 7.09. The van der Waals surface area contributed by atoms with Crippen LogP contribution in [0.4, 0.5) is 8.78 Å². The smallest absolute Gasteiger partial charge is 0.135 e. The van der Waals surface area contributed by atoms with Gasteiger partial charge >= 0.3 is 0 Å². The highest BCUT2D eigenvalue weighted by atomic mass is 19.1. The maximum Gasteiger partial charge on any atom is 0.135 e. The number of halogens is 2. The van der Waals surface area contributed by atoms with Gasteiger partial charge in [0.15, 0.2) is 0 Å². The van der Waals surface area contributed by atoms with Crippen LogP contribution in [0.5, 0.6) is 0 Å². The minimum atomic E-state index is -0.636. The van der Waals surface area contributed by atoms with Crippen LogP contribution in [0.15, 0.2) is 48.9 Å². The molecule has 0 radical (unpaired) electrons. The number of nitrogens with zero attached hydrogens (tertiary/aromatic N) is 4. The minimum Gasteiger partial charge on any atom is -0.380 e. The van der Waals surface area contributed by atoms with E-state index in [0.29, 0.717) is 23.7 Å². The van der Waals surface area contributed by atoms with Crippen molar-refractivity contribution in [3.63, 3.8) is 0 Å². The largest absolute Gasteiger partial charge is 0.380 e. The van der Waals surface area contributed by atoms with Crippen molar-refractivity contribution in [1.82, 2.24) is 19.6 Å². The zero-order chi connectivity index (χ0) is 24.7. The molecule has 0 aliphatic heterocycles. The van der Waals surface area contributed by atoms with Gasteiger partial charge < -0.3 is 10.5 Å². The van der Waals surface area contributed by atoms with Crippen LogP contribution in [0, 0.1) is 24.5 Å². The fourth-order valence-electron chi connectivity index (χ4n) is 5.51. The second-order valence-electron chi connectivity index (χ2n) is 9.59. The van der Waals surface area contributed by atoms with Crippen LogP contribution < -0.4 is 5.73 Å². The molecule has 3 heterocycles. The summed E-state index contributed by atoms with van der Waals surface area (Å²) in [5.41, 5.74) is 10.0. The fourth-order valence-corrected chi connectivity index (χ4v) is 5.51. The first-order chi connectivity index (χ1) is 16.9. The van der Waals surface area contributed by atoms with E-state index < -0.39 is 11.6 Å². The van der Waals surface area contributed by atoms with Gasteiger partial charge in [-0.1, -0.05) is 6.92 Å². The number of benzene rings is 1. The molecule has 0 spiro atoms. The number of imidazole rings is 1. The van der Waals surface area contributed by atoms with Crippen LogP contribution in [0.25, 0.3) is 16.8 Å². The first-order valence-corrected chi connectivity index (χ1v) is 11.9. The van der Waals surface area contributed by atoms with Crippen LogP contribution in [0.3, 0.4) is 0 Å². The van der Waals surface area contributed by atoms with Crippen molar-refractivity contribution in [2.45, 2.75) is 51.2 Å². The lowest BCUT2D eigenvalue weighted by molar-refractivity contribution is 0.00970. The zero-order valence-corrected chi connectivity index (χ0v) is 20.1. The van der Waals surface area contributed by atoms with Gasteiger partial charge in [0, 0.05) is 32.0 Å². The number of pyridine rings is 1. The fraction of sp³-hybridized carbons (Fsp3) is 0.370. The zero-order valence-electron chi connectivity index (χ0n) is 20.1. The van der Waals surface area contributed by atoms with Gasteiger partial charge in [0.05, 0.1) is 29.1 Å². The molecule has 182 valence electrons. The summed E-state index contributed by atoms with van der Waals surface area (Å²) in [6.45, 7) is 3.83. The molecular formula is C27H29F2N5O. The number of aryl methyl sites for hydroxylation is 1. The minimum absolute atomic E-state index is 0.0365. The Balaban J connectivity index is 1.49. The van der Waals surface area contributed by atoms with Crippen LogP contribution >= 0.6 is 0 Å². The van der Waals surface area contributed by atoms with Crippen molar-refractivity contribution in [2.24, 2.45) is 11.7 Å². The van der Waals surface area contributed by atoms with Crippen LogP contribution in [0.2, 0.25) is 0 Å². The Hall–Kier alpha value is -3.23. The van der Waals surface area contributed by atoms with Gasteiger partial charge in [0.1, 0.15) is 17.5 Å². The van der Waals surface area contributed by atoms with Crippen LogP contribution in [0.1, 0.15) is 48.2 Å². The van der Waals surface area contributed by atoms with Gasteiger partial charge in [-0.05, 0) is 78.6 Å². The van der Waals surface area contributed by atoms with Crippen molar-refractivity contribution in [3.05, 3.63) is 83.1 Å². The van der Waals surface area contributed by atoms with Gasteiger partial charge in [-0.3, -0.25) is 4.98 Å². The van der Waals surface area contributed by atoms with Gasteiger partial charge in [-0.25, -0.2) is 18.3 Å². The summed E-state index contributed by atoms with van der Waals surface area (Å²) in [6.07, 6.45) is 7.72. The monoisotopic (exact) mass is 477 g/mol. The highest BCUT2D eigenvalue weighted by molar-refractivity contribution is 5.63. The van der Waals surface area contributed by atoms with E-state index in [9.17, 15) is 8.78 Å². The van der Waals surface area contributed by atoms with Gasteiger partial charge in [0.25, 0.3) is 0 Å². The quantitative estimate of drug-likeness (QED) is 0.446. The van der Waals surface area contributed by atoms with Crippen LogP contribution in [-0.4, -0.2) is 38.8 Å². The number of hydrogen-bond acceptors (Lipinski definition) is 5. The van der Waals surface area contributed by atoms with Crippen molar-refractivity contribution in [1.29, 1.82) is 0 Å². The number of rotatable bonds is 5. The molecule has 1 saturated carbocycles. The molecule has 4 atom stereocenters. The number of fused-ring (bicyclic) bond motifs is 1. The van der Waals surface area contributed by atoms with Gasteiger partial charge in [0.2, 0.25) is 0 Å². The van der Waals surface area contributed by atoms with E-state index in [-0.39, 0.29) is 29.3 Å². The molecule has 2 N–H and O–H groups in total. The highest BCUT2D eigenvalue weighted by Gasteiger charge is 2.35. The van der Waals surface area contributed by atoms with E-state index in [1.807, 2.05) is 6.20 Å². The SMILES string of the molecule is CO[C@H]1[C@H](N)C[C@H](c2ccncc2Cc2ncc3ccc(-c4c(F)cc(C)cc4F)nn23)C[C@@H]1C. The number of ether oxygens (including phenoxy) is 1. The number of hydrogen-bond donors (Lipinski definition) is 1. The molecular weight excluding hydrogens is 448 g/mol. The Labute approximate surface area is 203 Å². The Morgan fingerprint density at radius 1 is 1.11 bits per heavy atom. The van der Waals surface area contributed by atoms with Gasteiger partial charge in [-0.2, -0.15) is 5.10 Å². The standard InChI is InChI=1S/C27H29F2N5O/c1-15-8-21(28)26(22(29)9-15)24-5-4-19-14-32-25(34(19)33-24)12-18-13-31-7-6-20(18)17-10-16(2)27(35-3)23(30)11-17/h4-9,13-14,16-17,23,27H,10-12,30H2,1-3H3/t16-,17+,23+,27+/m0/s1. The summed E-state index contributed by atoms with van der Waals surface area (Å²) < 4.78 is 36.5. The van der Waals surface area contributed by atoms with Crippen molar-refractivity contribution < 1.29 is 13.5 Å². The molecule has 8 heteroatoms. The van der Waals surface area contributed by atoms with E-state index >= 15 is 0 Å². The summed E-state index contributed by atoms with van der Waals surface area (Å²) in [4.78, 5) is 8.92. The van der Waals surface area contributed by atoms with Crippen LogP contribution in [-0.2, 0) is 11.2 Å². The lowest BCUT2D eigenvalue weighted by Crippen LogP contribution is -2.45. The number of nitrogens with two attached hydrogens (primary N) is 1. The molecule has 0 saturated heterocycles. The van der Waals surface area contributed by atoms with E-state index in [1.54, 1.807) is 43.1 Å². The van der Waals surface area contributed by atoms with E-state index in [0.717, 1.165) is 23.9 Å². The summed E-state index contributed by atoms with van der Waals surface area (Å²) in [7, 11) is 1.72. The third kappa shape index (κ3) is 4.44. The van der Waals surface area contributed by atoms with E-state index in [1.165, 1.54) is 17.7 Å². The summed E-state index contributed by atoms with van der Waals surface area (Å²) >= 11 is 0. The summed E-state index contributed by atoms with van der Waals surface area (Å²) in [5.74, 6) is 0.0257. The topological polar surface area (TPSA) is 78.3 Å². The predicted molar refractivity (Wildman–Crippen MR) is 130 cm³/mol. The Morgan fingerprint density at radius 2 is 1.89 bits per heavy atom. The second kappa shape index (κ2) is 9.43. The first-order valence-electron chi connectivity index (χ1n) is 11.9. The van der Waals surface area contributed by atoms with Crippen molar-refractivity contribution in [2.75, 3.05) is 7.11 Å². The molecule has 1 aliphatic carbocycles. The second-order valence-corrected chi connectivity index (χ2v) is 9.59. The summed E-state index contributed by atoms with van der Waals surface area (Å²) in [6, 6.07) is 8.03. The maximum absolute atomic E-state index is 14.6. The van der Waals surface area contributed by atoms with Crippen molar-refractivity contribution >= 4 is 5.52 Å². The summed E-state index contributed by atoms with van der Waals surface area (Å²) in [5, 5.41) is 4.56. The lowest BCUT2D eigenvalue weighted by Gasteiger charge is -2.38. The molecule has 0 unspecified atom stereocenters. The number of aromatic nitrogens is 4. The molecule has 4 aromatic rings. The highest BCUT2D eigenvalue weighted by Crippen LogP contribution is 2.38. The molecule has 1 fully saturated rings. The molecule has 1 aromatic carbocycles. The van der Waals surface area contributed by atoms with Crippen molar-refractivity contribution in [3.8, 4) is 11.3 Å². The third-order valence-electron chi connectivity index (χ3n) is 7.09. The molecule has 0 bridgehead atoms. The molecule has 35 heavy (non-hydrogen) atoms. The molecule has 6 nitrogen and oxygen atoms in total. The van der Waals surface area contributed by atoms with Gasteiger partial charge in [-0.15, -0.1) is 0 Å².